The first-order chi connectivity index (χ1) is 11.7. The van der Waals surface area contributed by atoms with Crippen molar-refractivity contribution < 1.29 is 4.79 Å². The molecule has 2 aliphatic rings. The molecule has 0 aliphatic carbocycles. The number of piperidine rings is 1. The molecule has 0 saturated carbocycles. The highest BCUT2D eigenvalue weighted by atomic mass is 32.1. The fourth-order valence-corrected chi connectivity index (χ4v) is 4.37. The summed E-state index contributed by atoms with van der Waals surface area (Å²) in [6, 6.07) is 10.3. The van der Waals surface area contributed by atoms with Gasteiger partial charge in [0.1, 0.15) is 10.8 Å². The summed E-state index contributed by atoms with van der Waals surface area (Å²) in [7, 11) is 1.77. The summed E-state index contributed by atoms with van der Waals surface area (Å²) in [5.74, 6) is 1.05. The predicted octanol–water partition coefficient (Wildman–Crippen LogP) is 4.25. The van der Waals surface area contributed by atoms with E-state index in [2.05, 4.69) is 34.2 Å². The van der Waals surface area contributed by atoms with Crippen LogP contribution in [0.15, 0.2) is 40.3 Å². The molecule has 5 heteroatoms. The minimum atomic E-state index is -0.0999. The van der Waals surface area contributed by atoms with Crippen molar-refractivity contribution >= 4 is 39.9 Å². The van der Waals surface area contributed by atoms with E-state index in [1.807, 2.05) is 19.2 Å². The van der Waals surface area contributed by atoms with Gasteiger partial charge in [-0.3, -0.25) is 9.79 Å². The van der Waals surface area contributed by atoms with E-state index in [0.717, 1.165) is 51.9 Å². The lowest BCUT2D eigenvalue weighted by atomic mass is 9.87. The van der Waals surface area contributed by atoms with Crippen LogP contribution in [0.25, 0.3) is 0 Å². The molecule has 1 unspecified atom stereocenters. The zero-order valence-corrected chi connectivity index (χ0v) is 14.6. The number of ketones is 1. The molecule has 2 aromatic rings. The van der Waals surface area contributed by atoms with Gasteiger partial charge in [-0.05, 0) is 43.5 Å². The Kier molecular flexibility index (Phi) is 3.81. The zero-order valence-electron chi connectivity index (χ0n) is 13.8. The van der Waals surface area contributed by atoms with Gasteiger partial charge in [0.15, 0.2) is 5.78 Å². The first-order valence-corrected chi connectivity index (χ1v) is 9.02. The van der Waals surface area contributed by atoms with Crippen molar-refractivity contribution in [2.75, 3.05) is 18.5 Å². The highest BCUT2D eigenvalue weighted by Crippen LogP contribution is 2.40. The number of hydrogen-bond donors (Lipinski definition) is 0. The Hall–Kier alpha value is -2.27. The van der Waals surface area contributed by atoms with Crippen molar-refractivity contribution in [2.24, 2.45) is 15.9 Å². The molecular weight excluding hydrogens is 318 g/mol. The normalized spacial score (nSPS) is 20.1. The van der Waals surface area contributed by atoms with Crippen LogP contribution >= 0.6 is 11.3 Å². The second-order valence-corrected chi connectivity index (χ2v) is 7.47. The number of rotatable bonds is 2. The third-order valence-corrected chi connectivity index (χ3v) is 5.52. The van der Waals surface area contributed by atoms with Gasteiger partial charge in [0.05, 0.1) is 11.5 Å². The van der Waals surface area contributed by atoms with E-state index in [-0.39, 0.29) is 11.7 Å². The minimum Gasteiger partial charge on any atom is -0.329 e. The highest BCUT2D eigenvalue weighted by Gasteiger charge is 2.38. The number of amidine groups is 1. The van der Waals surface area contributed by atoms with Crippen molar-refractivity contribution in [2.45, 2.75) is 19.8 Å². The molecule has 2 aliphatic heterocycles. The first kappa shape index (κ1) is 15.3. The van der Waals surface area contributed by atoms with Gasteiger partial charge in [-0.15, -0.1) is 11.3 Å². The van der Waals surface area contributed by atoms with Crippen LogP contribution in [0.4, 0.5) is 10.7 Å². The van der Waals surface area contributed by atoms with Crippen LogP contribution in [0.5, 0.6) is 0 Å². The number of anilines is 1. The van der Waals surface area contributed by atoms with E-state index >= 15 is 0 Å². The Morgan fingerprint density at radius 2 is 2.12 bits per heavy atom. The molecule has 4 nitrogen and oxygen atoms in total. The topological polar surface area (TPSA) is 45.0 Å². The van der Waals surface area contributed by atoms with E-state index in [0.29, 0.717) is 0 Å². The van der Waals surface area contributed by atoms with Gasteiger partial charge in [-0.25, -0.2) is 4.99 Å². The van der Waals surface area contributed by atoms with Crippen molar-refractivity contribution in [3.8, 4) is 0 Å². The number of benzene rings is 1. The number of aryl methyl sites for hydroxylation is 1. The van der Waals surface area contributed by atoms with Crippen molar-refractivity contribution in [1.29, 1.82) is 0 Å². The third kappa shape index (κ3) is 2.49. The standard InChI is InChI=1S/C19H19N3OS/c1-12-10-16-17(23)15-4-3-9-22(18(15)21-19(16)24-12)14-7-5-13(6-8-14)11-20-2/h5-8,10-11,15H,3-4,9H2,1-2H3. The number of nitrogens with zero attached hydrogens (tertiary/aromatic N) is 3. The zero-order chi connectivity index (χ0) is 16.7. The summed E-state index contributed by atoms with van der Waals surface area (Å²) in [4.78, 5) is 25.1. The van der Waals surface area contributed by atoms with Crippen molar-refractivity contribution in [1.82, 2.24) is 0 Å². The van der Waals surface area contributed by atoms with Crippen LogP contribution in [0.1, 0.15) is 33.6 Å². The molecule has 3 heterocycles. The molecule has 0 bridgehead atoms. The smallest absolute Gasteiger partial charge is 0.176 e. The largest absolute Gasteiger partial charge is 0.329 e. The Morgan fingerprint density at radius 3 is 2.88 bits per heavy atom. The summed E-state index contributed by atoms with van der Waals surface area (Å²) in [5.41, 5.74) is 2.98. The van der Waals surface area contributed by atoms with Gasteiger partial charge in [0.2, 0.25) is 0 Å². The Balaban J connectivity index is 1.74. The summed E-state index contributed by atoms with van der Waals surface area (Å²) >= 11 is 1.60. The van der Waals surface area contributed by atoms with Gasteiger partial charge in [0, 0.05) is 30.4 Å². The fourth-order valence-electron chi connectivity index (χ4n) is 3.48. The molecule has 1 aromatic heterocycles. The summed E-state index contributed by atoms with van der Waals surface area (Å²) in [6.07, 6.45) is 3.74. The maximum Gasteiger partial charge on any atom is 0.176 e. The molecule has 122 valence electrons. The maximum atomic E-state index is 12.9. The van der Waals surface area contributed by atoms with Crippen LogP contribution in [0.2, 0.25) is 0 Å². The van der Waals surface area contributed by atoms with E-state index in [9.17, 15) is 4.79 Å². The highest BCUT2D eigenvalue weighted by molar-refractivity contribution is 7.16. The molecular formula is C19H19N3OS. The summed E-state index contributed by atoms with van der Waals surface area (Å²) in [6.45, 7) is 2.94. The fraction of sp³-hybridized carbons (Fsp3) is 0.316. The molecule has 0 N–H and O–H groups in total. The van der Waals surface area contributed by atoms with Gasteiger partial charge in [0.25, 0.3) is 0 Å². The molecule has 1 atom stereocenters. The molecule has 1 saturated heterocycles. The lowest BCUT2D eigenvalue weighted by molar-refractivity contribution is 0.0944. The first-order valence-electron chi connectivity index (χ1n) is 8.20. The number of carbonyl (C=O) groups excluding carboxylic acids is 1. The Morgan fingerprint density at radius 1 is 1.33 bits per heavy atom. The van der Waals surface area contributed by atoms with E-state index in [1.54, 1.807) is 18.4 Å². The average molecular weight is 337 g/mol. The van der Waals surface area contributed by atoms with E-state index in [1.165, 1.54) is 0 Å². The van der Waals surface area contributed by atoms with E-state index < -0.39 is 0 Å². The predicted molar refractivity (Wildman–Crippen MR) is 101 cm³/mol. The SMILES string of the molecule is CN=Cc1ccc(N2CCCC3C(=O)c4cc(C)sc4N=C32)cc1. The van der Waals surface area contributed by atoms with Crippen LogP contribution in [-0.2, 0) is 0 Å². The third-order valence-electron chi connectivity index (χ3n) is 4.58. The van der Waals surface area contributed by atoms with E-state index in [4.69, 9.17) is 4.99 Å². The number of hydrogen-bond acceptors (Lipinski definition) is 5. The summed E-state index contributed by atoms with van der Waals surface area (Å²) < 4.78 is 0. The monoisotopic (exact) mass is 337 g/mol. The second kappa shape index (κ2) is 5.98. The molecule has 0 spiro atoms. The number of carbonyl (C=O) groups is 1. The Labute approximate surface area is 145 Å². The average Bonchev–Trinajstić information content (AvgIpc) is 2.97. The quantitative estimate of drug-likeness (QED) is 0.769. The second-order valence-electron chi connectivity index (χ2n) is 6.24. The lowest BCUT2D eigenvalue weighted by Crippen LogP contribution is -2.45. The number of Topliss-reactive ketones (excluding diaryl/α,β-unsaturated/α-hetero) is 1. The number of fused-ring (bicyclic) bond motifs is 2. The molecule has 0 radical (unpaired) electrons. The van der Waals surface area contributed by atoms with Gasteiger partial charge < -0.3 is 4.90 Å². The molecule has 24 heavy (non-hydrogen) atoms. The molecule has 1 aromatic carbocycles. The molecule has 1 fully saturated rings. The van der Waals surface area contributed by atoms with Gasteiger partial charge in [-0.2, -0.15) is 0 Å². The molecule has 4 rings (SSSR count). The van der Waals surface area contributed by atoms with Crippen molar-refractivity contribution in [3.63, 3.8) is 0 Å². The van der Waals surface area contributed by atoms with Crippen LogP contribution in [0.3, 0.4) is 0 Å². The van der Waals surface area contributed by atoms with Gasteiger partial charge >= 0.3 is 0 Å². The molecule has 0 amide bonds. The summed E-state index contributed by atoms with van der Waals surface area (Å²) in [5, 5.41) is 0.866. The van der Waals surface area contributed by atoms with Gasteiger partial charge in [-0.1, -0.05) is 12.1 Å². The van der Waals surface area contributed by atoms with Crippen LogP contribution in [-0.4, -0.2) is 31.4 Å². The van der Waals surface area contributed by atoms with Crippen molar-refractivity contribution in [3.05, 3.63) is 46.3 Å². The lowest BCUT2D eigenvalue weighted by Gasteiger charge is -2.36. The van der Waals surface area contributed by atoms with Crippen LogP contribution < -0.4 is 4.90 Å². The van der Waals surface area contributed by atoms with Crippen LogP contribution in [0, 0.1) is 12.8 Å². The Bertz CT molecular complexity index is 848. The number of aliphatic imine (C=N–C) groups is 2. The number of thiophene rings is 1. The minimum absolute atomic E-state index is 0.0999. The maximum absolute atomic E-state index is 12.9.